The average molecular weight is 259 g/mol. The SMILES string of the molecule is COc1ccc2c(c1)nnn2-c1n[nH]nc1C(N)=O. The molecule has 2 heterocycles. The Kier molecular flexibility index (Phi) is 2.37. The van der Waals surface area contributed by atoms with Crippen molar-refractivity contribution in [1.82, 2.24) is 30.4 Å². The number of rotatable bonds is 3. The molecule has 1 amide bonds. The Morgan fingerprint density at radius 1 is 1.42 bits per heavy atom. The number of aromatic amines is 1. The van der Waals surface area contributed by atoms with Gasteiger partial charge in [-0.05, 0) is 12.1 Å². The minimum Gasteiger partial charge on any atom is -0.497 e. The molecule has 3 aromatic rings. The molecule has 0 aliphatic carbocycles. The maximum Gasteiger partial charge on any atom is 0.273 e. The normalized spacial score (nSPS) is 10.8. The number of nitrogens with two attached hydrogens (primary N) is 1. The molecule has 0 fully saturated rings. The van der Waals surface area contributed by atoms with E-state index in [1.807, 2.05) is 0 Å². The van der Waals surface area contributed by atoms with E-state index in [0.717, 1.165) is 0 Å². The number of amides is 1. The fraction of sp³-hybridized carbons (Fsp3) is 0.100. The molecule has 0 radical (unpaired) electrons. The van der Waals surface area contributed by atoms with Gasteiger partial charge in [0, 0.05) is 6.07 Å². The van der Waals surface area contributed by atoms with Crippen LogP contribution in [0.2, 0.25) is 0 Å². The first-order valence-electron chi connectivity index (χ1n) is 5.31. The molecule has 1 aromatic carbocycles. The van der Waals surface area contributed by atoms with Crippen LogP contribution in [-0.2, 0) is 0 Å². The van der Waals surface area contributed by atoms with Crippen molar-refractivity contribution in [2.24, 2.45) is 5.73 Å². The Labute approximate surface area is 106 Å². The second-order valence-electron chi connectivity index (χ2n) is 3.72. The van der Waals surface area contributed by atoms with Crippen molar-refractivity contribution in [1.29, 1.82) is 0 Å². The lowest BCUT2D eigenvalue weighted by molar-refractivity contribution is 0.0995. The molecule has 2 aromatic heterocycles. The van der Waals surface area contributed by atoms with E-state index in [4.69, 9.17) is 10.5 Å². The summed E-state index contributed by atoms with van der Waals surface area (Å²) in [4.78, 5) is 11.2. The van der Waals surface area contributed by atoms with Crippen molar-refractivity contribution >= 4 is 16.9 Å². The van der Waals surface area contributed by atoms with Crippen molar-refractivity contribution in [3.8, 4) is 11.6 Å². The highest BCUT2D eigenvalue weighted by molar-refractivity contribution is 5.94. The number of primary amides is 1. The van der Waals surface area contributed by atoms with E-state index in [2.05, 4.69) is 25.7 Å². The third-order valence-electron chi connectivity index (χ3n) is 2.62. The van der Waals surface area contributed by atoms with Gasteiger partial charge in [-0.1, -0.05) is 5.21 Å². The summed E-state index contributed by atoms with van der Waals surface area (Å²) in [5, 5.41) is 17.8. The molecule has 0 saturated heterocycles. The zero-order valence-electron chi connectivity index (χ0n) is 9.86. The van der Waals surface area contributed by atoms with Gasteiger partial charge in [-0.25, -0.2) is 0 Å². The molecule has 0 unspecified atom stereocenters. The molecular weight excluding hydrogens is 250 g/mol. The van der Waals surface area contributed by atoms with E-state index in [9.17, 15) is 4.79 Å². The maximum absolute atomic E-state index is 11.2. The number of methoxy groups -OCH3 is 1. The van der Waals surface area contributed by atoms with Crippen molar-refractivity contribution in [2.75, 3.05) is 7.11 Å². The smallest absolute Gasteiger partial charge is 0.273 e. The first-order valence-corrected chi connectivity index (χ1v) is 5.31. The minimum atomic E-state index is -0.694. The highest BCUT2D eigenvalue weighted by atomic mass is 16.5. The molecule has 0 atom stereocenters. The molecule has 0 aliphatic rings. The van der Waals surface area contributed by atoms with Crippen molar-refractivity contribution in [3.63, 3.8) is 0 Å². The molecule has 9 nitrogen and oxygen atoms in total. The number of benzene rings is 1. The monoisotopic (exact) mass is 259 g/mol. The van der Waals surface area contributed by atoms with Crippen molar-refractivity contribution in [3.05, 3.63) is 23.9 Å². The van der Waals surface area contributed by atoms with E-state index in [-0.39, 0.29) is 11.5 Å². The Hall–Kier alpha value is -2.97. The topological polar surface area (TPSA) is 125 Å². The Balaban J connectivity index is 2.20. The summed E-state index contributed by atoms with van der Waals surface area (Å²) in [5.41, 5.74) is 6.49. The number of hydrogen-bond acceptors (Lipinski definition) is 6. The lowest BCUT2D eigenvalue weighted by atomic mass is 10.3. The molecular formula is C10H9N7O2. The number of carbonyl (C=O) groups is 1. The van der Waals surface area contributed by atoms with Gasteiger partial charge in [0.2, 0.25) is 5.82 Å². The quantitative estimate of drug-likeness (QED) is 0.662. The summed E-state index contributed by atoms with van der Waals surface area (Å²) in [7, 11) is 1.56. The lowest BCUT2D eigenvalue weighted by Gasteiger charge is -2.00. The molecule has 0 saturated carbocycles. The number of ether oxygens (including phenoxy) is 1. The zero-order chi connectivity index (χ0) is 13.4. The van der Waals surface area contributed by atoms with Gasteiger partial charge in [0.15, 0.2) is 5.69 Å². The number of hydrogen-bond donors (Lipinski definition) is 2. The summed E-state index contributed by atoms with van der Waals surface area (Å²) in [6.07, 6.45) is 0. The van der Waals surface area contributed by atoms with Gasteiger partial charge >= 0.3 is 0 Å². The lowest BCUT2D eigenvalue weighted by Crippen LogP contribution is -2.15. The van der Waals surface area contributed by atoms with Crippen LogP contribution in [0.3, 0.4) is 0 Å². The molecule has 0 aliphatic heterocycles. The second-order valence-corrected chi connectivity index (χ2v) is 3.72. The Morgan fingerprint density at radius 2 is 2.26 bits per heavy atom. The van der Waals surface area contributed by atoms with Crippen LogP contribution >= 0.6 is 0 Å². The first kappa shape index (κ1) is 11.1. The van der Waals surface area contributed by atoms with Crippen LogP contribution in [0.15, 0.2) is 18.2 Å². The van der Waals surface area contributed by atoms with E-state index < -0.39 is 5.91 Å². The summed E-state index contributed by atoms with van der Waals surface area (Å²) in [6, 6.07) is 5.24. The van der Waals surface area contributed by atoms with E-state index >= 15 is 0 Å². The number of H-pyrrole nitrogens is 1. The van der Waals surface area contributed by atoms with Crippen molar-refractivity contribution < 1.29 is 9.53 Å². The van der Waals surface area contributed by atoms with Gasteiger partial charge in [0.1, 0.15) is 11.3 Å². The van der Waals surface area contributed by atoms with Gasteiger partial charge < -0.3 is 10.5 Å². The number of aromatic nitrogens is 6. The first-order chi connectivity index (χ1) is 9.20. The average Bonchev–Trinajstić information content (AvgIpc) is 3.03. The highest BCUT2D eigenvalue weighted by Gasteiger charge is 2.18. The summed E-state index contributed by atoms with van der Waals surface area (Å²) in [6.45, 7) is 0. The van der Waals surface area contributed by atoms with Crippen LogP contribution in [-0.4, -0.2) is 43.4 Å². The summed E-state index contributed by atoms with van der Waals surface area (Å²) >= 11 is 0. The van der Waals surface area contributed by atoms with Crippen LogP contribution in [0, 0.1) is 0 Å². The number of nitrogens with one attached hydrogen (secondary N) is 1. The predicted molar refractivity (Wildman–Crippen MR) is 63.9 cm³/mol. The van der Waals surface area contributed by atoms with Crippen LogP contribution in [0.25, 0.3) is 16.9 Å². The van der Waals surface area contributed by atoms with Gasteiger partial charge in [-0.15, -0.1) is 15.3 Å². The fourth-order valence-corrected chi connectivity index (χ4v) is 1.73. The standard InChI is InChI=1S/C10H9N7O2/c1-19-5-2-3-7-6(4-5)12-16-17(7)10-8(9(11)18)13-15-14-10/h2-4H,1H3,(H2,11,18)(H,13,14,15). The molecule has 3 N–H and O–H groups in total. The fourth-order valence-electron chi connectivity index (χ4n) is 1.73. The van der Waals surface area contributed by atoms with Crippen LogP contribution in [0.5, 0.6) is 5.75 Å². The Morgan fingerprint density at radius 3 is 3.00 bits per heavy atom. The predicted octanol–water partition coefficient (Wildman–Crippen LogP) is -0.354. The van der Waals surface area contributed by atoms with E-state index in [1.165, 1.54) is 4.68 Å². The third kappa shape index (κ3) is 1.68. The molecule has 19 heavy (non-hydrogen) atoms. The zero-order valence-corrected chi connectivity index (χ0v) is 9.86. The number of fused-ring (bicyclic) bond motifs is 1. The highest BCUT2D eigenvalue weighted by Crippen LogP contribution is 2.21. The summed E-state index contributed by atoms with van der Waals surface area (Å²) in [5.74, 6) is 0.177. The van der Waals surface area contributed by atoms with Crippen molar-refractivity contribution in [2.45, 2.75) is 0 Å². The third-order valence-corrected chi connectivity index (χ3v) is 2.62. The number of nitrogens with zero attached hydrogens (tertiary/aromatic N) is 5. The van der Waals surface area contributed by atoms with Crippen LogP contribution in [0.1, 0.15) is 10.5 Å². The van der Waals surface area contributed by atoms with Crippen LogP contribution < -0.4 is 10.5 Å². The van der Waals surface area contributed by atoms with E-state index in [0.29, 0.717) is 16.8 Å². The maximum atomic E-state index is 11.2. The Bertz CT molecular complexity index is 760. The number of carbonyl (C=O) groups excluding carboxylic acids is 1. The molecule has 96 valence electrons. The van der Waals surface area contributed by atoms with Gasteiger partial charge in [0.25, 0.3) is 5.91 Å². The summed E-state index contributed by atoms with van der Waals surface area (Å²) < 4.78 is 6.49. The molecule has 9 heteroatoms. The van der Waals surface area contributed by atoms with Gasteiger partial charge in [0.05, 0.1) is 12.6 Å². The van der Waals surface area contributed by atoms with Crippen LogP contribution in [0.4, 0.5) is 0 Å². The largest absolute Gasteiger partial charge is 0.497 e. The van der Waals surface area contributed by atoms with Gasteiger partial charge in [-0.3, -0.25) is 4.79 Å². The minimum absolute atomic E-state index is 0.00242. The van der Waals surface area contributed by atoms with Gasteiger partial charge in [-0.2, -0.15) is 9.90 Å². The second kappa shape index (κ2) is 4.05. The molecule has 0 bridgehead atoms. The molecule has 3 rings (SSSR count). The van der Waals surface area contributed by atoms with E-state index in [1.54, 1.807) is 25.3 Å². The molecule has 0 spiro atoms.